The number of halogens is 1. The normalized spacial score (nSPS) is 28.8. The van der Waals surface area contributed by atoms with Gasteiger partial charge in [-0.3, -0.25) is 4.79 Å². The SMILES string of the molecule is COC1CCCC(C2NC(=O)N(c3cccnc3Cl)C2=O)C1. The lowest BCUT2D eigenvalue weighted by molar-refractivity contribution is -0.120. The first kappa shape index (κ1) is 15.2. The van der Waals surface area contributed by atoms with Gasteiger partial charge in [0.05, 0.1) is 11.8 Å². The van der Waals surface area contributed by atoms with Gasteiger partial charge in [-0.2, -0.15) is 0 Å². The van der Waals surface area contributed by atoms with Crippen LogP contribution in [0, 0.1) is 5.92 Å². The second-order valence-corrected chi connectivity index (χ2v) is 6.06. The molecule has 2 heterocycles. The molecule has 118 valence electrons. The van der Waals surface area contributed by atoms with Gasteiger partial charge >= 0.3 is 6.03 Å². The number of nitrogens with one attached hydrogen (secondary N) is 1. The summed E-state index contributed by atoms with van der Waals surface area (Å²) < 4.78 is 5.40. The van der Waals surface area contributed by atoms with Gasteiger partial charge in [0.1, 0.15) is 6.04 Å². The Morgan fingerprint density at radius 1 is 1.41 bits per heavy atom. The van der Waals surface area contributed by atoms with Crippen LogP contribution in [0.1, 0.15) is 25.7 Å². The van der Waals surface area contributed by atoms with Crippen LogP contribution in [0.3, 0.4) is 0 Å². The Morgan fingerprint density at radius 2 is 2.23 bits per heavy atom. The fourth-order valence-electron chi connectivity index (χ4n) is 3.29. The predicted octanol–water partition coefficient (Wildman–Crippen LogP) is 2.37. The maximum Gasteiger partial charge on any atom is 0.329 e. The molecule has 0 radical (unpaired) electrons. The van der Waals surface area contributed by atoms with Gasteiger partial charge in [-0.1, -0.05) is 18.0 Å². The van der Waals surface area contributed by atoms with E-state index >= 15 is 0 Å². The van der Waals surface area contributed by atoms with E-state index in [4.69, 9.17) is 16.3 Å². The number of methoxy groups -OCH3 is 1. The Morgan fingerprint density at radius 3 is 2.95 bits per heavy atom. The maximum absolute atomic E-state index is 12.7. The van der Waals surface area contributed by atoms with Crippen molar-refractivity contribution in [2.45, 2.75) is 37.8 Å². The molecule has 1 N–H and O–H groups in total. The van der Waals surface area contributed by atoms with Crippen molar-refractivity contribution in [3.05, 3.63) is 23.5 Å². The number of rotatable bonds is 3. The molecule has 7 heteroatoms. The predicted molar refractivity (Wildman–Crippen MR) is 81.8 cm³/mol. The number of carbonyl (C=O) groups is 2. The highest BCUT2D eigenvalue weighted by Crippen LogP contribution is 2.33. The van der Waals surface area contributed by atoms with Crippen LogP contribution in [-0.2, 0) is 9.53 Å². The zero-order valence-corrected chi connectivity index (χ0v) is 13.0. The number of ether oxygens (including phenoxy) is 1. The summed E-state index contributed by atoms with van der Waals surface area (Å²) in [7, 11) is 1.68. The third-order valence-corrected chi connectivity index (χ3v) is 4.71. The Kier molecular flexibility index (Phi) is 4.31. The molecule has 2 aliphatic rings. The molecule has 6 nitrogen and oxygen atoms in total. The highest BCUT2D eigenvalue weighted by Gasteiger charge is 2.45. The fourth-order valence-corrected chi connectivity index (χ4v) is 3.49. The van der Waals surface area contributed by atoms with Crippen molar-refractivity contribution in [3.63, 3.8) is 0 Å². The molecule has 1 aromatic heterocycles. The van der Waals surface area contributed by atoms with Crippen molar-refractivity contribution in [1.82, 2.24) is 10.3 Å². The number of hydrogen-bond donors (Lipinski definition) is 1. The number of hydrogen-bond acceptors (Lipinski definition) is 4. The minimum absolute atomic E-state index is 0.0931. The smallest absolute Gasteiger partial charge is 0.329 e. The van der Waals surface area contributed by atoms with Gasteiger partial charge in [-0.05, 0) is 37.3 Å². The van der Waals surface area contributed by atoms with E-state index in [-0.39, 0.29) is 23.1 Å². The number of anilines is 1. The third-order valence-electron chi connectivity index (χ3n) is 4.42. The Balaban J connectivity index is 1.81. The fraction of sp³-hybridized carbons (Fsp3) is 0.533. The lowest BCUT2D eigenvalue weighted by atomic mass is 9.82. The monoisotopic (exact) mass is 323 g/mol. The molecular weight excluding hydrogens is 306 g/mol. The average Bonchev–Trinajstić information content (AvgIpc) is 2.83. The standard InChI is InChI=1S/C15H18ClN3O3/c1-22-10-5-2-4-9(8-10)12-14(20)19(15(21)18-12)11-6-3-7-17-13(11)16/h3,6-7,9-10,12H,2,4-5,8H2,1H3,(H,18,21). The van der Waals surface area contributed by atoms with Crippen LogP contribution in [0.4, 0.5) is 10.5 Å². The molecule has 0 aromatic carbocycles. The molecule has 2 fully saturated rings. The van der Waals surface area contributed by atoms with Crippen molar-refractivity contribution >= 4 is 29.2 Å². The van der Waals surface area contributed by atoms with E-state index in [1.54, 1.807) is 19.2 Å². The summed E-state index contributed by atoms with van der Waals surface area (Å²) in [6, 6.07) is 2.32. The summed E-state index contributed by atoms with van der Waals surface area (Å²) in [5, 5.41) is 2.93. The van der Waals surface area contributed by atoms with Crippen molar-refractivity contribution in [2.24, 2.45) is 5.92 Å². The average molecular weight is 324 g/mol. The Hall–Kier alpha value is -1.66. The van der Waals surface area contributed by atoms with Crippen LogP contribution < -0.4 is 10.2 Å². The van der Waals surface area contributed by atoms with Crippen LogP contribution in [0.15, 0.2) is 18.3 Å². The summed E-state index contributed by atoms with van der Waals surface area (Å²) >= 11 is 6.01. The molecule has 3 rings (SSSR count). The molecule has 0 bridgehead atoms. The summed E-state index contributed by atoms with van der Waals surface area (Å²) in [6.45, 7) is 0. The lowest BCUT2D eigenvalue weighted by Gasteiger charge is -2.30. The molecule has 1 aromatic rings. The first-order chi connectivity index (χ1) is 10.6. The van der Waals surface area contributed by atoms with Gasteiger partial charge in [0.2, 0.25) is 0 Å². The number of imide groups is 1. The van der Waals surface area contributed by atoms with Crippen molar-refractivity contribution < 1.29 is 14.3 Å². The number of aromatic nitrogens is 1. The Labute approximate surface area is 133 Å². The van der Waals surface area contributed by atoms with Gasteiger partial charge in [0, 0.05) is 13.3 Å². The van der Waals surface area contributed by atoms with Crippen LogP contribution in [0.5, 0.6) is 0 Å². The number of pyridine rings is 1. The van der Waals surface area contributed by atoms with E-state index in [0.717, 1.165) is 30.6 Å². The van der Waals surface area contributed by atoms with E-state index in [2.05, 4.69) is 10.3 Å². The van der Waals surface area contributed by atoms with Gasteiger partial charge < -0.3 is 10.1 Å². The van der Waals surface area contributed by atoms with Crippen molar-refractivity contribution in [3.8, 4) is 0 Å². The topological polar surface area (TPSA) is 71.5 Å². The van der Waals surface area contributed by atoms with E-state index < -0.39 is 12.1 Å². The van der Waals surface area contributed by atoms with Crippen LogP contribution in [0.2, 0.25) is 5.15 Å². The zero-order chi connectivity index (χ0) is 15.7. The third kappa shape index (κ3) is 2.68. The molecule has 3 unspecified atom stereocenters. The molecule has 22 heavy (non-hydrogen) atoms. The molecule has 3 amide bonds. The van der Waals surface area contributed by atoms with Gasteiger partial charge in [-0.15, -0.1) is 0 Å². The first-order valence-corrected chi connectivity index (χ1v) is 7.77. The molecule has 3 atom stereocenters. The van der Waals surface area contributed by atoms with Crippen LogP contribution in [-0.4, -0.2) is 36.2 Å². The van der Waals surface area contributed by atoms with Crippen LogP contribution in [0.25, 0.3) is 0 Å². The largest absolute Gasteiger partial charge is 0.381 e. The highest BCUT2D eigenvalue weighted by molar-refractivity contribution is 6.34. The molecule has 1 saturated heterocycles. The van der Waals surface area contributed by atoms with Gasteiger partial charge in [0.25, 0.3) is 5.91 Å². The summed E-state index contributed by atoms with van der Waals surface area (Å²) in [6.07, 6.45) is 5.36. The van der Waals surface area contributed by atoms with Gasteiger partial charge in [-0.25, -0.2) is 14.7 Å². The van der Waals surface area contributed by atoms with Gasteiger partial charge in [0.15, 0.2) is 5.15 Å². The van der Waals surface area contributed by atoms with Crippen molar-refractivity contribution in [1.29, 1.82) is 0 Å². The number of amides is 3. The number of carbonyl (C=O) groups excluding carboxylic acids is 2. The molecular formula is C15H18ClN3O3. The minimum Gasteiger partial charge on any atom is -0.381 e. The summed E-state index contributed by atoms with van der Waals surface area (Å²) in [4.78, 5) is 29.9. The Bertz CT molecular complexity index is 595. The first-order valence-electron chi connectivity index (χ1n) is 7.39. The van der Waals surface area contributed by atoms with E-state index in [1.165, 1.54) is 6.20 Å². The molecule has 1 aliphatic heterocycles. The number of nitrogens with zero attached hydrogens (tertiary/aromatic N) is 2. The molecule has 1 saturated carbocycles. The quantitative estimate of drug-likeness (QED) is 0.684. The minimum atomic E-state index is -0.512. The number of urea groups is 1. The van der Waals surface area contributed by atoms with E-state index in [1.807, 2.05) is 0 Å². The van der Waals surface area contributed by atoms with Crippen molar-refractivity contribution in [2.75, 3.05) is 12.0 Å². The lowest BCUT2D eigenvalue weighted by Crippen LogP contribution is -2.41. The molecule has 1 aliphatic carbocycles. The zero-order valence-electron chi connectivity index (χ0n) is 12.3. The maximum atomic E-state index is 12.7. The summed E-state index contributed by atoms with van der Waals surface area (Å²) in [5.74, 6) is -0.169. The van der Waals surface area contributed by atoms with E-state index in [9.17, 15) is 9.59 Å². The molecule has 0 spiro atoms. The second kappa shape index (κ2) is 6.22. The van der Waals surface area contributed by atoms with Crippen LogP contribution >= 0.6 is 11.6 Å². The second-order valence-electron chi connectivity index (χ2n) is 5.70. The highest BCUT2D eigenvalue weighted by atomic mass is 35.5. The van der Waals surface area contributed by atoms with E-state index in [0.29, 0.717) is 5.69 Å². The summed E-state index contributed by atoms with van der Waals surface area (Å²) in [5.41, 5.74) is 0.327.